The van der Waals surface area contributed by atoms with E-state index >= 15 is 0 Å². The molecule has 1 fully saturated rings. The topological polar surface area (TPSA) is 117 Å². The summed E-state index contributed by atoms with van der Waals surface area (Å²) < 4.78 is -0.615. The van der Waals surface area contributed by atoms with Crippen LogP contribution in [0.2, 0.25) is 10.2 Å². The first-order valence-corrected chi connectivity index (χ1v) is 14.8. The molecule has 0 aliphatic carbocycles. The Morgan fingerprint density at radius 1 is 1.10 bits per heavy atom. The second-order valence-corrected chi connectivity index (χ2v) is 12.9. The third-order valence-corrected chi connectivity index (χ3v) is 9.41. The number of aromatic nitrogens is 1. The maximum atomic E-state index is 14.1. The number of amides is 3. The largest absolute Gasteiger partial charge is 0.383 e. The van der Waals surface area contributed by atoms with Gasteiger partial charge in [-0.3, -0.25) is 14.4 Å². The number of hydrogen-bond acceptors (Lipinski definition) is 6. The summed E-state index contributed by atoms with van der Waals surface area (Å²) in [5, 5.41) is 11.4. The third kappa shape index (κ3) is 6.70. The molecule has 1 aliphatic heterocycles. The van der Waals surface area contributed by atoms with Gasteiger partial charge in [0.15, 0.2) is 0 Å². The Kier molecular flexibility index (Phi) is 9.64. The highest BCUT2D eigenvalue weighted by Gasteiger charge is 2.50. The SMILES string of the molecule is CN(Cc1ccccc1)C(=O)C1N(C(=O)[C@@H](O)[C@@H](Cc2ccccc2)c2cnc(Cl)c(Cl)c2C(N)=O)CSC1(C)C. The first kappa shape index (κ1) is 30.8. The number of rotatable bonds is 9. The fraction of sp³-hybridized carbons (Fsp3) is 0.333. The molecule has 2 heterocycles. The number of aliphatic hydroxyl groups is 1. The number of benzene rings is 2. The standard InChI is InChI=1S/C30H32Cl2N4O4S/c1-30(2)25(29(40)35(3)16-19-12-8-5-9-13-19)36(17-41-30)28(39)24(37)20(14-18-10-6-4-7-11-18)21-15-34-26(32)23(31)22(21)27(33)38/h4-13,15,20,24-25,37H,14,16-17H2,1-3H3,(H2,33,38)/t20-,24-,25?/m0/s1. The number of primary amides is 1. The molecular weight excluding hydrogens is 583 g/mol. The van der Waals surface area contributed by atoms with Gasteiger partial charge in [-0.1, -0.05) is 83.9 Å². The first-order chi connectivity index (χ1) is 19.4. The molecule has 0 bridgehead atoms. The van der Waals surface area contributed by atoms with Crippen molar-refractivity contribution in [3.63, 3.8) is 0 Å². The van der Waals surface area contributed by atoms with E-state index in [2.05, 4.69) is 4.98 Å². The van der Waals surface area contributed by atoms with Crippen LogP contribution in [0.25, 0.3) is 0 Å². The quantitative estimate of drug-likeness (QED) is 0.342. The molecule has 2 aromatic carbocycles. The molecule has 11 heteroatoms. The molecule has 1 saturated heterocycles. The van der Waals surface area contributed by atoms with Crippen LogP contribution >= 0.6 is 35.0 Å². The summed E-state index contributed by atoms with van der Waals surface area (Å²) in [6.45, 7) is 4.19. The van der Waals surface area contributed by atoms with Gasteiger partial charge in [-0.2, -0.15) is 0 Å². The van der Waals surface area contributed by atoms with Crippen LogP contribution in [-0.2, 0) is 22.6 Å². The summed E-state index contributed by atoms with van der Waals surface area (Å²) in [6, 6.07) is 18.0. The fourth-order valence-electron chi connectivity index (χ4n) is 5.14. The van der Waals surface area contributed by atoms with Crippen molar-refractivity contribution in [3.05, 3.63) is 99.3 Å². The van der Waals surface area contributed by atoms with Crippen LogP contribution in [0.15, 0.2) is 66.9 Å². The van der Waals surface area contributed by atoms with E-state index in [-0.39, 0.29) is 39.5 Å². The molecule has 216 valence electrons. The Morgan fingerprint density at radius 3 is 2.27 bits per heavy atom. The highest BCUT2D eigenvalue weighted by atomic mass is 35.5. The number of thioether (sulfide) groups is 1. The lowest BCUT2D eigenvalue weighted by molar-refractivity contribution is -0.150. The molecule has 1 unspecified atom stereocenters. The Bertz CT molecular complexity index is 1420. The van der Waals surface area contributed by atoms with Gasteiger partial charge < -0.3 is 20.6 Å². The Labute approximate surface area is 253 Å². The summed E-state index contributed by atoms with van der Waals surface area (Å²) in [6.07, 6.45) is -0.154. The number of likely N-dealkylation sites (N-methyl/N-ethyl adjacent to an activating group) is 1. The van der Waals surface area contributed by atoms with Gasteiger partial charge in [-0.05, 0) is 37.0 Å². The highest BCUT2D eigenvalue weighted by Crippen LogP contribution is 2.42. The van der Waals surface area contributed by atoms with Crippen LogP contribution in [-0.4, -0.2) is 67.4 Å². The normalized spacial score (nSPS) is 17.6. The molecule has 3 N–H and O–H groups in total. The van der Waals surface area contributed by atoms with Gasteiger partial charge in [0.25, 0.3) is 11.8 Å². The van der Waals surface area contributed by atoms with Gasteiger partial charge in [0, 0.05) is 30.5 Å². The van der Waals surface area contributed by atoms with Crippen molar-refractivity contribution < 1.29 is 19.5 Å². The van der Waals surface area contributed by atoms with Gasteiger partial charge in [0.2, 0.25) is 5.91 Å². The number of nitrogens with zero attached hydrogens (tertiary/aromatic N) is 3. The molecule has 3 amide bonds. The highest BCUT2D eigenvalue weighted by molar-refractivity contribution is 8.00. The number of nitrogens with two attached hydrogens (primary N) is 1. The number of aliphatic hydroxyl groups excluding tert-OH is 1. The third-order valence-electron chi connectivity index (χ3n) is 7.29. The van der Waals surface area contributed by atoms with Gasteiger partial charge in [-0.25, -0.2) is 4.98 Å². The van der Waals surface area contributed by atoms with Gasteiger partial charge in [-0.15, -0.1) is 11.8 Å². The predicted octanol–water partition coefficient (Wildman–Crippen LogP) is 4.51. The van der Waals surface area contributed by atoms with E-state index < -0.39 is 34.6 Å². The lowest BCUT2D eigenvalue weighted by Crippen LogP contribution is -2.56. The van der Waals surface area contributed by atoms with Gasteiger partial charge in [0.05, 0.1) is 16.5 Å². The zero-order valence-electron chi connectivity index (χ0n) is 23.0. The number of hydrogen-bond donors (Lipinski definition) is 2. The maximum absolute atomic E-state index is 14.1. The maximum Gasteiger partial charge on any atom is 0.253 e. The molecular formula is C30H32Cl2N4O4S. The van der Waals surface area contributed by atoms with Crippen molar-refractivity contribution in [1.82, 2.24) is 14.8 Å². The van der Waals surface area contributed by atoms with E-state index in [1.54, 1.807) is 11.9 Å². The van der Waals surface area contributed by atoms with Crippen LogP contribution < -0.4 is 5.73 Å². The smallest absolute Gasteiger partial charge is 0.253 e. The van der Waals surface area contributed by atoms with Crippen molar-refractivity contribution >= 4 is 52.7 Å². The Balaban J connectivity index is 1.69. The van der Waals surface area contributed by atoms with Crippen LogP contribution in [0.4, 0.5) is 0 Å². The summed E-state index contributed by atoms with van der Waals surface area (Å²) in [4.78, 5) is 47.4. The zero-order valence-corrected chi connectivity index (χ0v) is 25.3. The van der Waals surface area contributed by atoms with Crippen LogP contribution in [0.3, 0.4) is 0 Å². The summed E-state index contributed by atoms with van der Waals surface area (Å²) >= 11 is 13.9. The minimum atomic E-state index is -1.64. The lowest BCUT2D eigenvalue weighted by Gasteiger charge is -2.35. The monoisotopic (exact) mass is 614 g/mol. The van der Waals surface area contributed by atoms with Crippen molar-refractivity contribution in [2.24, 2.45) is 5.73 Å². The molecule has 41 heavy (non-hydrogen) atoms. The number of halogens is 2. The van der Waals surface area contributed by atoms with Gasteiger partial charge >= 0.3 is 0 Å². The molecule has 1 aliphatic rings. The number of carbonyl (C=O) groups excluding carboxylic acids is 3. The molecule has 0 spiro atoms. The van der Waals surface area contributed by atoms with Crippen molar-refractivity contribution in [2.75, 3.05) is 12.9 Å². The van der Waals surface area contributed by atoms with E-state index in [1.165, 1.54) is 22.9 Å². The molecule has 3 aromatic rings. The molecule has 4 rings (SSSR count). The average molecular weight is 616 g/mol. The average Bonchev–Trinajstić information content (AvgIpc) is 3.27. The van der Waals surface area contributed by atoms with Crippen LogP contribution in [0, 0.1) is 0 Å². The van der Waals surface area contributed by atoms with Crippen molar-refractivity contribution in [2.45, 2.75) is 49.6 Å². The summed E-state index contributed by atoms with van der Waals surface area (Å²) in [5.41, 5.74) is 7.52. The minimum absolute atomic E-state index is 0.106. The van der Waals surface area contributed by atoms with E-state index in [0.29, 0.717) is 6.54 Å². The van der Waals surface area contributed by atoms with Crippen LogP contribution in [0.1, 0.15) is 46.8 Å². The van der Waals surface area contributed by atoms with Crippen LogP contribution in [0.5, 0.6) is 0 Å². The Morgan fingerprint density at radius 2 is 1.68 bits per heavy atom. The van der Waals surface area contributed by atoms with Crippen molar-refractivity contribution in [1.29, 1.82) is 0 Å². The predicted molar refractivity (Wildman–Crippen MR) is 162 cm³/mol. The lowest BCUT2D eigenvalue weighted by atomic mass is 9.84. The zero-order chi connectivity index (χ0) is 29.9. The summed E-state index contributed by atoms with van der Waals surface area (Å²) in [5.74, 6) is -2.49. The number of pyridine rings is 1. The molecule has 3 atom stereocenters. The molecule has 1 aromatic heterocycles. The first-order valence-electron chi connectivity index (χ1n) is 13.0. The molecule has 0 radical (unpaired) electrons. The van der Waals surface area contributed by atoms with E-state index in [9.17, 15) is 19.5 Å². The number of carbonyl (C=O) groups is 3. The second-order valence-electron chi connectivity index (χ2n) is 10.6. The van der Waals surface area contributed by atoms with E-state index in [0.717, 1.165) is 11.1 Å². The van der Waals surface area contributed by atoms with Gasteiger partial charge in [0.1, 0.15) is 17.3 Å². The van der Waals surface area contributed by atoms with E-state index in [4.69, 9.17) is 28.9 Å². The van der Waals surface area contributed by atoms with Crippen molar-refractivity contribution in [3.8, 4) is 0 Å². The molecule has 0 saturated carbocycles. The Hall–Kier alpha value is -3.11. The minimum Gasteiger partial charge on any atom is -0.383 e. The molecule has 8 nitrogen and oxygen atoms in total. The fourth-order valence-corrected chi connectivity index (χ4v) is 6.67. The van der Waals surface area contributed by atoms with E-state index in [1.807, 2.05) is 74.5 Å². The second kappa shape index (κ2) is 12.8. The summed E-state index contributed by atoms with van der Waals surface area (Å²) in [7, 11) is 1.70.